The molecule has 0 radical (unpaired) electrons. The second kappa shape index (κ2) is 6.10. The molecule has 1 aromatic heterocycles. The molecule has 0 bridgehead atoms. The van der Waals surface area contributed by atoms with E-state index in [1.54, 1.807) is 28.9 Å². The molecule has 0 fully saturated rings. The van der Waals surface area contributed by atoms with Gasteiger partial charge in [0.05, 0.1) is 12.2 Å². The number of carbonyl (C=O) groups is 1. The van der Waals surface area contributed by atoms with E-state index in [1.165, 1.54) is 0 Å². The highest BCUT2D eigenvalue weighted by Crippen LogP contribution is 2.22. The predicted octanol–water partition coefficient (Wildman–Crippen LogP) is 1.95. The smallest absolute Gasteiger partial charge is 0.330 e. The fourth-order valence-electron chi connectivity index (χ4n) is 2.36. The zero-order chi connectivity index (χ0) is 15.5. The molecule has 0 saturated heterocycles. The SMILES string of the molecule is CCc1cc(CC)n(CC(N)(C(=O)O)c2ccccc2)n1. The lowest BCUT2D eigenvalue weighted by Crippen LogP contribution is -2.48. The molecule has 1 atom stereocenters. The minimum absolute atomic E-state index is 0.121. The van der Waals surface area contributed by atoms with E-state index < -0.39 is 11.5 Å². The standard InChI is InChI=1S/C16H21N3O2/c1-3-13-10-14(4-2)19(18-13)11-16(17,15(20)21)12-8-6-5-7-9-12/h5-10H,3-4,11,17H2,1-2H3,(H,20,21). The van der Waals surface area contributed by atoms with Crippen LogP contribution in [0, 0.1) is 0 Å². The first-order chi connectivity index (χ1) is 10.0. The van der Waals surface area contributed by atoms with Gasteiger partial charge in [-0.2, -0.15) is 5.10 Å². The predicted molar refractivity (Wildman–Crippen MR) is 80.9 cm³/mol. The summed E-state index contributed by atoms with van der Waals surface area (Å²) >= 11 is 0. The van der Waals surface area contributed by atoms with E-state index in [0.717, 1.165) is 24.2 Å². The van der Waals surface area contributed by atoms with E-state index in [2.05, 4.69) is 5.10 Å². The fourth-order valence-corrected chi connectivity index (χ4v) is 2.36. The van der Waals surface area contributed by atoms with Crippen molar-refractivity contribution in [1.29, 1.82) is 0 Å². The van der Waals surface area contributed by atoms with Crippen molar-refractivity contribution < 1.29 is 9.90 Å². The van der Waals surface area contributed by atoms with E-state index in [0.29, 0.717) is 5.56 Å². The average Bonchev–Trinajstić information content (AvgIpc) is 2.89. The highest BCUT2D eigenvalue weighted by molar-refractivity contribution is 5.80. The summed E-state index contributed by atoms with van der Waals surface area (Å²) in [6.07, 6.45) is 1.60. The van der Waals surface area contributed by atoms with Gasteiger partial charge in [0, 0.05) is 5.69 Å². The zero-order valence-electron chi connectivity index (χ0n) is 12.4. The molecule has 0 aliphatic rings. The molecule has 0 aliphatic carbocycles. The van der Waals surface area contributed by atoms with Gasteiger partial charge in [0.15, 0.2) is 5.54 Å². The molecule has 0 amide bonds. The third kappa shape index (κ3) is 2.97. The number of rotatable bonds is 6. The topological polar surface area (TPSA) is 81.1 Å². The van der Waals surface area contributed by atoms with Gasteiger partial charge >= 0.3 is 5.97 Å². The Morgan fingerprint density at radius 3 is 2.48 bits per heavy atom. The van der Waals surface area contributed by atoms with E-state index in [1.807, 2.05) is 26.0 Å². The van der Waals surface area contributed by atoms with Gasteiger partial charge in [-0.15, -0.1) is 0 Å². The summed E-state index contributed by atoms with van der Waals surface area (Å²) in [5.41, 5.74) is 7.25. The van der Waals surface area contributed by atoms with Crippen molar-refractivity contribution >= 4 is 5.97 Å². The molecule has 21 heavy (non-hydrogen) atoms. The number of aryl methyl sites for hydroxylation is 2. The Hall–Kier alpha value is -2.14. The Kier molecular flexibility index (Phi) is 4.43. The number of aliphatic carboxylic acids is 1. The maximum Gasteiger partial charge on any atom is 0.330 e. The van der Waals surface area contributed by atoms with Crippen LogP contribution < -0.4 is 5.73 Å². The average molecular weight is 287 g/mol. The van der Waals surface area contributed by atoms with E-state index in [-0.39, 0.29) is 6.54 Å². The molecule has 1 unspecified atom stereocenters. The molecule has 5 nitrogen and oxygen atoms in total. The Bertz CT molecular complexity index is 622. The van der Waals surface area contributed by atoms with Gasteiger partial charge in [-0.1, -0.05) is 44.2 Å². The van der Waals surface area contributed by atoms with Crippen LogP contribution in [0.15, 0.2) is 36.4 Å². The number of nitrogens with two attached hydrogens (primary N) is 1. The van der Waals surface area contributed by atoms with E-state index in [9.17, 15) is 9.90 Å². The molecule has 0 spiro atoms. The number of nitrogens with zero attached hydrogens (tertiary/aromatic N) is 2. The number of carboxylic acids is 1. The van der Waals surface area contributed by atoms with Gasteiger partial charge in [-0.05, 0) is 24.5 Å². The lowest BCUT2D eigenvalue weighted by Gasteiger charge is -2.26. The van der Waals surface area contributed by atoms with Crippen LogP contribution in [-0.4, -0.2) is 20.9 Å². The van der Waals surface area contributed by atoms with Gasteiger partial charge in [0.2, 0.25) is 0 Å². The summed E-state index contributed by atoms with van der Waals surface area (Å²) in [4.78, 5) is 11.7. The van der Waals surface area contributed by atoms with Crippen LogP contribution in [0.25, 0.3) is 0 Å². The highest BCUT2D eigenvalue weighted by atomic mass is 16.4. The van der Waals surface area contributed by atoms with Crippen LogP contribution in [-0.2, 0) is 29.7 Å². The molecule has 5 heteroatoms. The Morgan fingerprint density at radius 1 is 1.29 bits per heavy atom. The van der Waals surface area contributed by atoms with Gasteiger partial charge in [-0.25, -0.2) is 4.79 Å². The van der Waals surface area contributed by atoms with Gasteiger partial charge in [0.1, 0.15) is 0 Å². The molecule has 112 valence electrons. The molecule has 3 N–H and O–H groups in total. The minimum Gasteiger partial charge on any atom is -0.480 e. The number of hydrogen-bond donors (Lipinski definition) is 2. The van der Waals surface area contributed by atoms with Crippen molar-refractivity contribution in [1.82, 2.24) is 9.78 Å². The Balaban J connectivity index is 2.41. The Labute approximate surface area is 124 Å². The molecule has 2 aromatic rings. The molecule has 0 aliphatic heterocycles. The van der Waals surface area contributed by atoms with E-state index >= 15 is 0 Å². The quantitative estimate of drug-likeness (QED) is 0.851. The number of benzene rings is 1. The Morgan fingerprint density at radius 2 is 1.95 bits per heavy atom. The first-order valence-corrected chi connectivity index (χ1v) is 7.14. The minimum atomic E-state index is -1.48. The number of hydrogen-bond acceptors (Lipinski definition) is 3. The lowest BCUT2D eigenvalue weighted by molar-refractivity contribution is -0.144. The molecular weight excluding hydrogens is 266 g/mol. The van der Waals surface area contributed by atoms with Crippen molar-refractivity contribution in [3.63, 3.8) is 0 Å². The van der Waals surface area contributed by atoms with Gasteiger partial charge in [0.25, 0.3) is 0 Å². The van der Waals surface area contributed by atoms with Gasteiger partial charge in [-0.3, -0.25) is 4.68 Å². The van der Waals surface area contributed by atoms with Crippen LogP contribution in [0.2, 0.25) is 0 Å². The second-order valence-electron chi connectivity index (χ2n) is 5.13. The number of aromatic nitrogens is 2. The van der Waals surface area contributed by atoms with Crippen molar-refractivity contribution in [2.24, 2.45) is 5.73 Å². The maximum atomic E-state index is 11.7. The van der Waals surface area contributed by atoms with Crippen molar-refractivity contribution in [2.75, 3.05) is 0 Å². The monoisotopic (exact) mass is 287 g/mol. The summed E-state index contributed by atoms with van der Waals surface area (Å²) in [6.45, 7) is 4.17. The lowest BCUT2D eigenvalue weighted by atomic mass is 9.91. The van der Waals surface area contributed by atoms with Crippen molar-refractivity contribution in [3.05, 3.63) is 53.3 Å². The molecule has 1 heterocycles. The summed E-state index contributed by atoms with van der Waals surface area (Å²) in [6, 6.07) is 10.9. The zero-order valence-corrected chi connectivity index (χ0v) is 12.4. The number of carboxylic acid groups (broad SMARTS) is 1. The van der Waals surface area contributed by atoms with Crippen LogP contribution in [0.3, 0.4) is 0 Å². The molecular formula is C16H21N3O2. The first kappa shape index (κ1) is 15.3. The summed E-state index contributed by atoms with van der Waals surface area (Å²) < 4.78 is 1.72. The summed E-state index contributed by atoms with van der Waals surface area (Å²) in [5, 5.41) is 14.1. The van der Waals surface area contributed by atoms with Crippen molar-refractivity contribution in [2.45, 2.75) is 38.8 Å². The van der Waals surface area contributed by atoms with Crippen LogP contribution >= 0.6 is 0 Å². The maximum absolute atomic E-state index is 11.7. The normalized spacial score (nSPS) is 13.9. The summed E-state index contributed by atoms with van der Waals surface area (Å²) in [5.74, 6) is -1.05. The first-order valence-electron chi connectivity index (χ1n) is 7.14. The fraction of sp³-hybridized carbons (Fsp3) is 0.375. The molecule has 0 saturated carbocycles. The summed E-state index contributed by atoms with van der Waals surface area (Å²) in [7, 11) is 0. The van der Waals surface area contributed by atoms with Crippen LogP contribution in [0.5, 0.6) is 0 Å². The van der Waals surface area contributed by atoms with Crippen LogP contribution in [0.4, 0.5) is 0 Å². The molecule has 2 rings (SSSR count). The van der Waals surface area contributed by atoms with E-state index in [4.69, 9.17) is 5.73 Å². The van der Waals surface area contributed by atoms with Crippen LogP contribution in [0.1, 0.15) is 30.8 Å². The highest BCUT2D eigenvalue weighted by Gasteiger charge is 2.37. The second-order valence-corrected chi connectivity index (χ2v) is 5.13. The van der Waals surface area contributed by atoms with Crippen molar-refractivity contribution in [3.8, 4) is 0 Å². The largest absolute Gasteiger partial charge is 0.480 e. The third-order valence-corrected chi connectivity index (χ3v) is 3.71. The van der Waals surface area contributed by atoms with Gasteiger partial charge < -0.3 is 10.8 Å². The molecule has 1 aromatic carbocycles. The third-order valence-electron chi connectivity index (χ3n) is 3.71.